The van der Waals surface area contributed by atoms with Crippen molar-refractivity contribution in [3.05, 3.63) is 58.1 Å². The molecule has 0 aliphatic heterocycles. The number of aliphatic hydroxyl groups excluding tert-OH is 1. The molecule has 0 radical (unpaired) electrons. The fraction of sp³-hybridized carbons (Fsp3) is 0.381. The van der Waals surface area contributed by atoms with Gasteiger partial charge in [0.05, 0.1) is 11.8 Å². The number of aromatic hydroxyl groups is 1. The molecular formula is C21H26N2O3. The molecule has 1 aliphatic rings. The van der Waals surface area contributed by atoms with Gasteiger partial charge in [0, 0.05) is 12.1 Å². The second kappa shape index (κ2) is 7.09. The molecule has 0 bridgehead atoms. The van der Waals surface area contributed by atoms with E-state index in [1.807, 2.05) is 0 Å². The number of benzene rings is 2. The van der Waals surface area contributed by atoms with E-state index in [-0.39, 0.29) is 11.3 Å². The number of amides is 1. The predicted octanol–water partition coefficient (Wildman–Crippen LogP) is 2.76. The van der Waals surface area contributed by atoms with Crippen LogP contribution in [-0.2, 0) is 17.6 Å². The number of phenols is 1. The zero-order chi connectivity index (χ0) is 18.9. The molecule has 1 atom stereocenters. The Morgan fingerprint density at radius 2 is 1.77 bits per heavy atom. The van der Waals surface area contributed by atoms with Crippen molar-refractivity contribution < 1.29 is 15.0 Å². The van der Waals surface area contributed by atoms with Gasteiger partial charge in [-0.1, -0.05) is 18.2 Å². The van der Waals surface area contributed by atoms with E-state index in [1.165, 1.54) is 28.3 Å². The topological polar surface area (TPSA) is 81.6 Å². The summed E-state index contributed by atoms with van der Waals surface area (Å²) in [5, 5.41) is 26.2. The van der Waals surface area contributed by atoms with E-state index in [9.17, 15) is 15.0 Å². The molecule has 5 heteroatoms. The predicted molar refractivity (Wildman–Crippen MR) is 102 cm³/mol. The minimum atomic E-state index is -0.730. The molecule has 26 heavy (non-hydrogen) atoms. The normalized spacial score (nSPS) is 16.2. The molecule has 0 saturated heterocycles. The number of nitrogens with one attached hydrogen (secondary N) is 2. The summed E-state index contributed by atoms with van der Waals surface area (Å²) in [5.74, 6) is -0.0232. The van der Waals surface area contributed by atoms with E-state index in [2.05, 4.69) is 43.5 Å². The maximum atomic E-state index is 10.6. The number of β-amino-alcohol motifs (C(OH)–C–C–N with tert-alkyl or cyclic N) is 1. The zero-order valence-electron chi connectivity index (χ0n) is 15.5. The number of carbonyl (C=O) groups is 1. The number of fused-ring (bicyclic) bond motifs is 1. The van der Waals surface area contributed by atoms with Crippen molar-refractivity contribution in [2.45, 2.75) is 45.3 Å². The van der Waals surface area contributed by atoms with Gasteiger partial charge in [0.1, 0.15) is 5.75 Å². The Hall–Kier alpha value is -2.37. The van der Waals surface area contributed by atoms with E-state index in [0.717, 1.165) is 12.8 Å². The fourth-order valence-corrected chi connectivity index (χ4v) is 3.69. The first kappa shape index (κ1) is 18.4. The Bertz CT molecular complexity index is 801. The van der Waals surface area contributed by atoms with Gasteiger partial charge in [0.25, 0.3) is 0 Å². The van der Waals surface area contributed by atoms with Crippen LogP contribution in [0.15, 0.2) is 30.3 Å². The van der Waals surface area contributed by atoms with Gasteiger partial charge in [0.2, 0.25) is 6.41 Å². The van der Waals surface area contributed by atoms with Crippen molar-refractivity contribution in [1.82, 2.24) is 5.32 Å². The first-order chi connectivity index (χ1) is 12.3. The maximum absolute atomic E-state index is 10.6. The summed E-state index contributed by atoms with van der Waals surface area (Å²) >= 11 is 0. The van der Waals surface area contributed by atoms with Crippen LogP contribution < -0.4 is 10.6 Å². The molecule has 2 aromatic rings. The van der Waals surface area contributed by atoms with Gasteiger partial charge < -0.3 is 20.8 Å². The monoisotopic (exact) mass is 354 g/mol. The molecular weight excluding hydrogens is 328 g/mol. The van der Waals surface area contributed by atoms with Gasteiger partial charge in [-0.2, -0.15) is 0 Å². The lowest BCUT2D eigenvalue weighted by Crippen LogP contribution is -2.45. The van der Waals surface area contributed by atoms with Crippen LogP contribution in [0.2, 0.25) is 0 Å². The number of anilines is 1. The molecule has 0 heterocycles. The zero-order valence-corrected chi connectivity index (χ0v) is 15.5. The highest BCUT2D eigenvalue weighted by molar-refractivity contribution is 5.75. The minimum Gasteiger partial charge on any atom is -0.506 e. The number of hydrogen-bond acceptors (Lipinski definition) is 4. The van der Waals surface area contributed by atoms with Crippen LogP contribution in [-0.4, -0.2) is 28.7 Å². The highest BCUT2D eigenvalue weighted by Crippen LogP contribution is 2.32. The van der Waals surface area contributed by atoms with Gasteiger partial charge in [-0.3, -0.25) is 4.79 Å². The third-order valence-corrected chi connectivity index (χ3v) is 5.32. The van der Waals surface area contributed by atoms with Crippen molar-refractivity contribution in [2.75, 3.05) is 11.9 Å². The Morgan fingerprint density at radius 3 is 2.35 bits per heavy atom. The first-order valence-electron chi connectivity index (χ1n) is 8.86. The molecule has 1 aliphatic carbocycles. The van der Waals surface area contributed by atoms with Gasteiger partial charge in [-0.05, 0) is 73.6 Å². The number of aliphatic hydroxyl groups is 1. The number of phenolic OH excluding ortho intramolecular Hbond substituents is 1. The molecule has 3 rings (SSSR count). The smallest absolute Gasteiger partial charge is 0.211 e. The van der Waals surface area contributed by atoms with Crippen molar-refractivity contribution in [3.63, 3.8) is 0 Å². The van der Waals surface area contributed by atoms with Crippen molar-refractivity contribution >= 4 is 12.1 Å². The first-order valence-corrected chi connectivity index (χ1v) is 8.86. The number of carbonyl (C=O) groups excluding carboxylic acids is 1. The fourth-order valence-electron chi connectivity index (χ4n) is 3.69. The van der Waals surface area contributed by atoms with Crippen LogP contribution >= 0.6 is 0 Å². The highest BCUT2D eigenvalue weighted by Gasteiger charge is 2.33. The number of rotatable bonds is 6. The third kappa shape index (κ3) is 3.74. The van der Waals surface area contributed by atoms with Gasteiger partial charge >= 0.3 is 0 Å². The third-order valence-electron chi connectivity index (χ3n) is 5.32. The second-order valence-electron chi connectivity index (χ2n) is 7.55. The molecule has 0 aromatic heterocycles. The van der Waals surface area contributed by atoms with Crippen LogP contribution in [0.1, 0.15) is 40.8 Å². The summed E-state index contributed by atoms with van der Waals surface area (Å²) < 4.78 is 0. The summed E-state index contributed by atoms with van der Waals surface area (Å²) in [4.78, 5) is 10.6. The molecule has 0 fully saturated rings. The molecule has 0 spiro atoms. The van der Waals surface area contributed by atoms with E-state index in [0.29, 0.717) is 24.2 Å². The summed E-state index contributed by atoms with van der Waals surface area (Å²) in [6.45, 7) is 6.85. The molecule has 4 N–H and O–H groups in total. The van der Waals surface area contributed by atoms with Crippen molar-refractivity contribution in [2.24, 2.45) is 0 Å². The summed E-state index contributed by atoms with van der Waals surface area (Å²) in [6.07, 6.45) is 1.64. The van der Waals surface area contributed by atoms with Gasteiger partial charge in [-0.15, -0.1) is 0 Å². The van der Waals surface area contributed by atoms with E-state index < -0.39 is 6.10 Å². The standard InChI is InChI=1S/C21H26N2O3/c1-13-6-16-9-21(3,10-17(16)7-14(13)2)23-11-20(26)15-4-5-19(25)18(8-15)22-12-24/h4-8,12,20,23,25-26H,9-11H2,1-3H3,(H,22,24)/t20-/m0/s1. The molecule has 0 saturated carbocycles. The molecule has 5 nitrogen and oxygen atoms in total. The number of aryl methyl sites for hydroxylation is 2. The Balaban J connectivity index is 1.67. The van der Waals surface area contributed by atoms with Crippen LogP contribution in [0, 0.1) is 13.8 Å². The quantitative estimate of drug-likeness (QED) is 0.475. The molecule has 138 valence electrons. The lowest BCUT2D eigenvalue weighted by atomic mass is 9.97. The van der Waals surface area contributed by atoms with E-state index >= 15 is 0 Å². The van der Waals surface area contributed by atoms with Gasteiger partial charge in [0.15, 0.2) is 0 Å². The van der Waals surface area contributed by atoms with Crippen LogP contribution in [0.3, 0.4) is 0 Å². The average Bonchev–Trinajstić information content (AvgIpc) is 2.91. The maximum Gasteiger partial charge on any atom is 0.211 e. The van der Waals surface area contributed by atoms with E-state index in [1.54, 1.807) is 12.1 Å². The Morgan fingerprint density at radius 1 is 1.15 bits per heavy atom. The summed E-state index contributed by atoms with van der Waals surface area (Å²) in [7, 11) is 0. The Kier molecular flexibility index (Phi) is 5.03. The molecule has 1 amide bonds. The van der Waals surface area contributed by atoms with Crippen LogP contribution in [0.5, 0.6) is 5.75 Å². The number of hydrogen-bond donors (Lipinski definition) is 4. The van der Waals surface area contributed by atoms with Crippen molar-refractivity contribution in [1.29, 1.82) is 0 Å². The summed E-state index contributed by atoms with van der Waals surface area (Å²) in [5.41, 5.74) is 6.22. The van der Waals surface area contributed by atoms with Gasteiger partial charge in [-0.25, -0.2) is 0 Å². The van der Waals surface area contributed by atoms with Crippen LogP contribution in [0.25, 0.3) is 0 Å². The van der Waals surface area contributed by atoms with E-state index in [4.69, 9.17) is 0 Å². The second-order valence-corrected chi connectivity index (χ2v) is 7.55. The average molecular weight is 354 g/mol. The molecule has 2 aromatic carbocycles. The van der Waals surface area contributed by atoms with Crippen LogP contribution in [0.4, 0.5) is 5.69 Å². The lowest BCUT2D eigenvalue weighted by Gasteiger charge is -2.27. The SMILES string of the molecule is Cc1cc2c(cc1C)CC(C)(NC[C@H](O)c1ccc(O)c(NC=O)c1)C2. The minimum absolute atomic E-state index is 0.0232. The van der Waals surface area contributed by atoms with Crippen molar-refractivity contribution in [3.8, 4) is 5.75 Å². The lowest BCUT2D eigenvalue weighted by molar-refractivity contribution is -0.105. The highest BCUT2D eigenvalue weighted by atomic mass is 16.3. The summed E-state index contributed by atoms with van der Waals surface area (Å²) in [6, 6.07) is 9.27. The molecule has 0 unspecified atom stereocenters. The Labute approximate surface area is 154 Å². The largest absolute Gasteiger partial charge is 0.506 e.